The van der Waals surface area contributed by atoms with E-state index in [1.54, 1.807) is 5.56 Å². The van der Waals surface area contributed by atoms with Crippen LogP contribution in [0, 0.1) is 5.92 Å². The van der Waals surface area contributed by atoms with E-state index in [1.165, 1.54) is 58.2 Å². The minimum Gasteiger partial charge on any atom is -0.304 e. The molecule has 0 bridgehead atoms. The molecule has 1 aliphatic rings. The van der Waals surface area contributed by atoms with E-state index in [0.717, 1.165) is 11.8 Å². The van der Waals surface area contributed by atoms with Crippen LogP contribution in [0.3, 0.4) is 0 Å². The summed E-state index contributed by atoms with van der Waals surface area (Å²) in [5.41, 5.74) is 1.58. The van der Waals surface area contributed by atoms with E-state index in [0.29, 0.717) is 0 Å². The van der Waals surface area contributed by atoms with Gasteiger partial charge in [0.25, 0.3) is 0 Å². The van der Waals surface area contributed by atoms with Gasteiger partial charge in [0.1, 0.15) is 0 Å². The van der Waals surface area contributed by atoms with Crippen LogP contribution < -0.4 is 0 Å². The molecule has 20 heavy (non-hydrogen) atoms. The molecule has 0 amide bonds. The first kappa shape index (κ1) is 15.6. The lowest BCUT2D eigenvalue weighted by Crippen LogP contribution is -2.27. The first-order valence-corrected chi connectivity index (χ1v) is 8.62. The molecule has 0 aliphatic heterocycles. The quantitative estimate of drug-likeness (QED) is 0.669. The molecule has 1 saturated carbocycles. The molecule has 0 spiro atoms. The van der Waals surface area contributed by atoms with Gasteiger partial charge in [0.2, 0.25) is 0 Å². The van der Waals surface area contributed by atoms with E-state index in [4.69, 9.17) is 0 Å². The van der Waals surface area contributed by atoms with E-state index in [-0.39, 0.29) is 0 Å². The Morgan fingerprint density at radius 2 is 1.65 bits per heavy atom. The van der Waals surface area contributed by atoms with E-state index in [9.17, 15) is 0 Å². The summed E-state index contributed by atoms with van der Waals surface area (Å²) in [6.45, 7) is 8.18. The molecule has 0 aromatic heterocycles. The monoisotopic (exact) mass is 273 g/mol. The van der Waals surface area contributed by atoms with Crippen LogP contribution in [-0.2, 0) is 0 Å². The summed E-state index contributed by atoms with van der Waals surface area (Å²) in [4.78, 5) is 2.57. The van der Waals surface area contributed by atoms with Crippen LogP contribution in [0.25, 0.3) is 0 Å². The van der Waals surface area contributed by atoms with Crippen molar-refractivity contribution >= 4 is 0 Å². The van der Waals surface area contributed by atoms with Crippen LogP contribution in [0.5, 0.6) is 0 Å². The molecule has 0 N–H and O–H groups in total. The molecule has 1 nitrogen and oxygen atoms in total. The fraction of sp³-hybridized carbons (Fsp3) is 0.684. The average molecular weight is 273 g/mol. The van der Waals surface area contributed by atoms with Crippen molar-refractivity contribution in [3.8, 4) is 0 Å². The van der Waals surface area contributed by atoms with Crippen molar-refractivity contribution in [2.45, 2.75) is 58.3 Å². The summed E-state index contributed by atoms with van der Waals surface area (Å²) in [5, 5.41) is 0. The Hall–Kier alpha value is -0.820. The van der Waals surface area contributed by atoms with Gasteiger partial charge in [-0.3, -0.25) is 0 Å². The van der Waals surface area contributed by atoms with Crippen LogP contribution in [0.15, 0.2) is 30.3 Å². The average Bonchev–Trinajstić information content (AvgIpc) is 2.53. The molecule has 0 radical (unpaired) electrons. The van der Waals surface area contributed by atoms with Crippen molar-refractivity contribution in [3.63, 3.8) is 0 Å². The highest BCUT2D eigenvalue weighted by molar-refractivity contribution is 5.20. The third-order valence-corrected chi connectivity index (χ3v) is 5.10. The highest BCUT2D eigenvalue weighted by atomic mass is 15.1. The minimum absolute atomic E-state index is 0.775. The maximum Gasteiger partial charge on any atom is -0.00130 e. The van der Waals surface area contributed by atoms with Gasteiger partial charge in [0.15, 0.2) is 0 Å². The zero-order valence-electron chi connectivity index (χ0n) is 13.4. The van der Waals surface area contributed by atoms with Crippen molar-refractivity contribution in [1.82, 2.24) is 4.90 Å². The lowest BCUT2D eigenvalue weighted by molar-refractivity contribution is 0.244. The summed E-state index contributed by atoms with van der Waals surface area (Å²) in [6.07, 6.45) is 8.55. The minimum atomic E-state index is 0.775. The molecule has 2 rings (SSSR count). The molecular formula is C19H31N. The van der Waals surface area contributed by atoms with E-state index >= 15 is 0 Å². The van der Waals surface area contributed by atoms with Gasteiger partial charge < -0.3 is 4.90 Å². The fourth-order valence-corrected chi connectivity index (χ4v) is 3.77. The predicted octanol–water partition coefficient (Wildman–Crippen LogP) is 5.08. The molecule has 1 aromatic rings. The maximum absolute atomic E-state index is 2.57. The molecule has 1 aromatic carbocycles. The van der Waals surface area contributed by atoms with Gasteiger partial charge in [-0.2, -0.15) is 0 Å². The second-order valence-electron chi connectivity index (χ2n) is 6.23. The zero-order chi connectivity index (χ0) is 14.2. The Balaban J connectivity index is 2.03. The van der Waals surface area contributed by atoms with E-state index in [1.807, 2.05) is 0 Å². The third kappa shape index (κ3) is 4.34. The summed E-state index contributed by atoms with van der Waals surface area (Å²) in [6, 6.07) is 11.3. The number of nitrogens with zero attached hydrogens (tertiary/aromatic N) is 1. The first-order chi connectivity index (χ1) is 9.85. The van der Waals surface area contributed by atoms with Gasteiger partial charge in [-0.05, 0) is 56.3 Å². The Morgan fingerprint density at radius 1 is 1.00 bits per heavy atom. The van der Waals surface area contributed by atoms with Crippen molar-refractivity contribution < 1.29 is 0 Å². The Morgan fingerprint density at radius 3 is 2.25 bits per heavy atom. The van der Waals surface area contributed by atoms with Crippen molar-refractivity contribution in [2.24, 2.45) is 5.92 Å². The van der Waals surface area contributed by atoms with Crippen molar-refractivity contribution in [2.75, 3.05) is 19.6 Å². The number of hydrogen-bond donors (Lipinski definition) is 0. The maximum atomic E-state index is 2.57. The second-order valence-corrected chi connectivity index (χ2v) is 6.23. The summed E-state index contributed by atoms with van der Waals surface area (Å²) in [5.74, 6) is 1.69. The summed E-state index contributed by atoms with van der Waals surface area (Å²) in [7, 11) is 0. The largest absolute Gasteiger partial charge is 0.304 e. The van der Waals surface area contributed by atoms with Crippen LogP contribution in [0.2, 0.25) is 0 Å². The lowest BCUT2D eigenvalue weighted by atomic mass is 9.75. The van der Waals surface area contributed by atoms with Gasteiger partial charge in [-0.15, -0.1) is 0 Å². The molecule has 1 fully saturated rings. The second kappa shape index (κ2) is 8.46. The normalized spacial score (nSPS) is 18.4. The zero-order valence-corrected chi connectivity index (χ0v) is 13.4. The lowest BCUT2D eigenvalue weighted by Gasteiger charge is -2.32. The Bertz CT molecular complexity index is 349. The summed E-state index contributed by atoms with van der Waals surface area (Å²) >= 11 is 0. The number of benzene rings is 1. The Labute approximate surface area is 125 Å². The third-order valence-electron chi connectivity index (χ3n) is 5.10. The number of rotatable bonds is 7. The van der Waals surface area contributed by atoms with Gasteiger partial charge in [0, 0.05) is 0 Å². The smallest absolute Gasteiger partial charge is 0.00130 e. The molecule has 1 atom stereocenters. The standard InChI is InChI=1S/C19H31N/c1-3-20(4-2)16-15-19(17-11-7-5-8-12-17)18-13-9-6-10-14-18/h5,7-8,11-12,18-19H,3-4,6,9-10,13-16H2,1-2H3/t19-/m0/s1. The molecule has 0 saturated heterocycles. The van der Waals surface area contributed by atoms with Gasteiger partial charge in [-0.1, -0.05) is 63.4 Å². The van der Waals surface area contributed by atoms with Crippen LogP contribution in [0.4, 0.5) is 0 Å². The highest BCUT2D eigenvalue weighted by Gasteiger charge is 2.25. The van der Waals surface area contributed by atoms with Gasteiger partial charge in [-0.25, -0.2) is 0 Å². The van der Waals surface area contributed by atoms with Crippen LogP contribution >= 0.6 is 0 Å². The van der Waals surface area contributed by atoms with Gasteiger partial charge in [0.05, 0.1) is 0 Å². The molecule has 1 aliphatic carbocycles. The first-order valence-electron chi connectivity index (χ1n) is 8.62. The van der Waals surface area contributed by atoms with E-state index < -0.39 is 0 Å². The summed E-state index contributed by atoms with van der Waals surface area (Å²) < 4.78 is 0. The predicted molar refractivity (Wildman–Crippen MR) is 88.2 cm³/mol. The molecule has 0 unspecified atom stereocenters. The van der Waals surface area contributed by atoms with Crippen molar-refractivity contribution in [1.29, 1.82) is 0 Å². The SMILES string of the molecule is CCN(CC)CC[C@@H](c1ccccc1)C1CCCCC1. The van der Waals surface area contributed by atoms with Crippen LogP contribution in [0.1, 0.15) is 63.9 Å². The number of hydrogen-bond acceptors (Lipinski definition) is 1. The van der Waals surface area contributed by atoms with E-state index in [2.05, 4.69) is 49.1 Å². The molecule has 112 valence electrons. The molecular weight excluding hydrogens is 242 g/mol. The highest BCUT2D eigenvalue weighted by Crippen LogP contribution is 2.38. The van der Waals surface area contributed by atoms with Crippen LogP contribution in [-0.4, -0.2) is 24.5 Å². The van der Waals surface area contributed by atoms with Gasteiger partial charge >= 0.3 is 0 Å². The topological polar surface area (TPSA) is 3.24 Å². The fourth-order valence-electron chi connectivity index (χ4n) is 3.77. The molecule has 1 heteroatoms. The van der Waals surface area contributed by atoms with Crippen molar-refractivity contribution in [3.05, 3.63) is 35.9 Å². The molecule has 0 heterocycles. The Kier molecular flexibility index (Phi) is 6.59.